The van der Waals surface area contributed by atoms with Gasteiger partial charge < -0.3 is 14.5 Å². The second kappa shape index (κ2) is 9.26. The quantitative estimate of drug-likeness (QED) is 0.550. The molecule has 1 aliphatic carbocycles. The molecule has 7 nitrogen and oxygen atoms in total. The van der Waals surface area contributed by atoms with E-state index in [2.05, 4.69) is 4.90 Å². The monoisotopic (exact) mass is 521 g/mol. The van der Waals surface area contributed by atoms with E-state index in [1.165, 1.54) is 16.4 Å². The van der Waals surface area contributed by atoms with E-state index in [-0.39, 0.29) is 33.5 Å². The van der Waals surface area contributed by atoms with Crippen molar-refractivity contribution in [3.8, 4) is 5.75 Å². The van der Waals surface area contributed by atoms with Crippen molar-refractivity contribution in [2.45, 2.75) is 42.7 Å². The second-order valence-corrected chi connectivity index (χ2v) is 12.1. The third-order valence-electron chi connectivity index (χ3n) is 7.28. The topological polar surface area (TPSA) is 70.2 Å². The lowest BCUT2D eigenvalue weighted by molar-refractivity contribution is 0.0718. The summed E-state index contributed by atoms with van der Waals surface area (Å²) in [5.41, 5.74) is 1.01. The molecule has 1 saturated carbocycles. The van der Waals surface area contributed by atoms with Gasteiger partial charge in [-0.1, -0.05) is 11.6 Å². The summed E-state index contributed by atoms with van der Waals surface area (Å²) in [5, 5.41) is 0.0969. The fourth-order valence-corrected chi connectivity index (χ4v) is 6.79. The largest absolute Gasteiger partial charge is 0.495 e. The summed E-state index contributed by atoms with van der Waals surface area (Å²) in [5.74, 6) is 0.341. The number of hydrogen-bond acceptors (Lipinski definition) is 5. The maximum atomic E-state index is 13.5. The van der Waals surface area contributed by atoms with E-state index >= 15 is 0 Å². The van der Waals surface area contributed by atoms with E-state index in [1.807, 2.05) is 0 Å². The van der Waals surface area contributed by atoms with Crippen LogP contribution in [0.1, 0.15) is 36.0 Å². The first-order valence-corrected chi connectivity index (χ1v) is 13.7. The van der Waals surface area contributed by atoms with Gasteiger partial charge in [-0.05, 0) is 68.0 Å². The first-order chi connectivity index (χ1) is 16.7. The molecule has 2 aromatic rings. The molecule has 35 heavy (non-hydrogen) atoms. The van der Waals surface area contributed by atoms with E-state index in [1.54, 1.807) is 37.3 Å². The van der Waals surface area contributed by atoms with Crippen LogP contribution in [0.25, 0.3) is 0 Å². The number of carbonyl (C=O) groups excluding carboxylic acids is 1. The Bertz CT molecular complexity index is 1240. The Kier molecular flexibility index (Phi) is 6.44. The molecule has 2 aliphatic heterocycles. The highest BCUT2D eigenvalue weighted by Gasteiger charge is 2.43. The fraction of sp³-hybridized carbons (Fsp3) is 0.480. The van der Waals surface area contributed by atoms with Crippen LogP contribution < -0.4 is 9.64 Å². The van der Waals surface area contributed by atoms with Crippen LogP contribution in [0.4, 0.5) is 10.1 Å². The highest BCUT2D eigenvalue weighted by Crippen LogP contribution is 2.42. The van der Waals surface area contributed by atoms with Crippen molar-refractivity contribution >= 4 is 33.2 Å². The van der Waals surface area contributed by atoms with Gasteiger partial charge in [-0.3, -0.25) is 4.79 Å². The minimum atomic E-state index is -3.62. The highest BCUT2D eigenvalue weighted by molar-refractivity contribution is 7.89. The molecule has 2 heterocycles. The summed E-state index contributed by atoms with van der Waals surface area (Å²) in [7, 11) is -0.417. The van der Waals surface area contributed by atoms with Gasteiger partial charge in [0, 0.05) is 38.8 Å². The van der Waals surface area contributed by atoms with Gasteiger partial charge in [0.1, 0.15) is 11.6 Å². The molecule has 2 bridgehead atoms. The number of likely N-dealkylation sites (tertiary alicyclic amines) is 1. The average Bonchev–Trinajstić information content (AvgIpc) is 3.61. The van der Waals surface area contributed by atoms with Crippen LogP contribution in [0.15, 0.2) is 41.3 Å². The Labute approximate surface area is 210 Å². The zero-order valence-corrected chi connectivity index (χ0v) is 21.4. The van der Waals surface area contributed by atoms with Gasteiger partial charge in [-0.25, -0.2) is 17.1 Å². The molecule has 0 N–H and O–H groups in total. The van der Waals surface area contributed by atoms with Crippen molar-refractivity contribution in [2.75, 3.05) is 38.7 Å². The maximum absolute atomic E-state index is 13.5. The lowest BCUT2D eigenvalue weighted by Crippen LogP contribution is -2.55. The zero-order valence-electron chi connectivity index (χ0n) is 19.8. The molecule has 10 heteroatoms. The van der Waals surface area contributed by atoms with Crippen molar-refractivity contribution in [3.05, 3.63) is 52.8 Å². The molecule has 0 radical (unpaired) electrons. The van der Waals surface area contributed by atoms with Crippen molar-refractivity contribution in [2.24, 2.45) is 5.92 Å². The number of halogens is 2. The normalized spacial score (nSPS) is 22.1. The van der Waals surface area contributed by atoms with Gasteiger partial charge in [0.25, 0.3) is 5.91 Å². The fourth-order valence-electron chi connectivity index (χ4n) is 5.27. The Balaban J connectivity index is 1.41. The maximum Gasteiger partial charge on any atom is 0.255 e. The smallest absolute Gasteiger partial charge is 0.255 e. The van der Waals surface area contributed by atoms with Crippen LogP contribution in [-0.2, 0) is 10.0 Å². The molecule has 0 spiro atoms. The van der Waals surface area contributed by atoms with E-state index in [0.717, 1.165) is 37.4 Å². The van der Waals surface area contributed by atoms with Crippen LogP contribution in [0.3, 0.4) is 0 Å². The predicted octanol–water partition coefficient (Wildman–Crippen LogP) is 4.01. The number of sulfonamides is 1. The minimum Gasteiger partial charge on any atom is -0.495 e. The number of methoxy groups -OCH3 is 1. The lowest BCUT2D eigenvalue weighted by Gasteiger charge is -2.43. The van der Waals surface area contributed by atoms with E-state index in [0.29, 0.717) is 31.3 Å². The number of amides is 1. The molecule has 188 valence electrons. The van der Waals surface area contributed by atoms with Gasteiger partial charge in [-0.15, -0.1) is 0 Å². The number of piperazine rings is 1. The molecule has 0 aromatic heterocycles. The van der Waals surface area contributed by atoms with Crippen molar-refractivity contribution in [1.82, 2.24) is 9.21 Å². The number of anilines is 1. The highest BCUT2D eigenvalue weighted by atomic mass is 35.5. The van der Waals surface area contributed by atoms with Gasteiger partial charge in [0.05, 0.1) is 28.3 Å². The summed E-state index contributed by atoms with van der Waals surface area (Å²) in [6.07, 6.45) is 3.88. The van der Waals surface area contributed by atoms with Crippen LogP contribution in [0.5, 0.6) is 5.75 Å². The van der Waals surface area contributed by atoms with Crippen LogP contribution in [0.2, 0.25) is 5.02 Å². The lowest BCUT2D eigenvalue weighted by atomic mass is 10.1. The summed E-state index contributed by atoms with van der Waals surface area (Å²) in [4.78, 5) is 17.4. The molecule has 2 aromatic carbocycles. The number of hydrogen-bond donors (Lipinski definition) is 0. The number of benzene rings is 2. The Morgan fingerprint density at radius 3 is 2.40 bits per heavy atom. The number of ether oxygens (including phenoxy) is 1. The first-order valence-electron chi connectivity index (χ1n) is 11.9. The van der Waals surface area contributed by atoms with Gasteiger partial charge >= 0.3 is 0 Å². The molecule has 2 unspecified atom stereocenters. The number of fused-ring (bicyclic) bond motifs is 2. The van der Waals surface area contributed by atoms with Gasteiger partial charge in [0.2, 0.25) is 10.0 Å². The van der Waals surface area contributed by atoms with E-state index in [9.17, 15) is 17.6 Å². The number of nitrogens with zero attached hydrogens (tertiary/aromatic N) is 3. The number of rotatable bonds is 7. The minimum absolute atomic E-state index is 0.00738. The third kappa shape index (κ3) is 4.61. The van der Waals surface area contributed by atoms with Crippen molar-refractivity contribution < 1.29 is 22.3 Å². The summed E-state index contributed by atoms with van der Waals surface area (Å²) in [6, 6.07) is 8.83. The zero-order chi connectivity index (χ0) is 24.9. The van der Waals surface area contributed by atoms with Crippen LogP contribution in [-0.4, -0.2) is 69.4 Å². The summed E-state index contributed by atoms with van der Waals surface area (Å²) in [6.45, 7) is 1.46. The third-order valence-corrected chi connectivity index (χ3v) is 9.41. The van der Waals surface area contributed by atoms with Crippen LogP contribution in [0, 0.1) is 11.7 Å². The van der Waals surface area contributed by atoms with Crippen molar-refractivity contribution in [3.63, 3.8) is 0 Å². The molecular formula is C25H29ClFN3O4S. The summed E-state index contributed by atoms with van der Waals surface area (Å²) < 4.78 is 47.0. The standard InChI is InChI=1S/C25H29ClFN3O4S/c1-28(13-16-3-4-16)35(32,33)20-8-10-24(34-2)23(12-20)30-18-6-7-19(30)15-29(14-18)25(31)21-9-5-17(27)11-22(21)26/h5,8-12,16,18-19H,3-4,6-7,13-15H2,1-2H3. The van der Waals surface area contributed by atoms with Crippen molar-refractivity contribution in [1.29, 1.82) is 0 Å². The summed E-state index contributed by atoms with van der Waals surface area (Å²) >= 11 is 6.14. The molecular weight excluding hydrogens is 493 g/mol. The predicted molar refractivity (Wildman–Crippen MR) is 132 cm³/mol. The Morgan fingerprint density at radius 2 is 1.80 bits per heavy atom. The van der Waals surface area contributed by atoms with E-state index < -0.39 is 15.8 Å². The molecule has 2 saturated heterocycles. The molecule has 1 amide bonds. The Morgan fingerprint density at radius 1 is 1.11 bits per heavy atom. The molecule has 5 rings (SSSR count). The SMILES string of the molecule is COc1ccc(S(=O)(=O)N(C)CC2CC2)cc1N1C2CCC1CN(C(=O)c1ccc(F)cc1Cl)C2. The second-order valence-electron chi connectivity index (χ2n) is 9.69. The molecule has 2 atom stereocenters. The Hall–Kier alpha value is -2.36. The average molecular weight is 522 g/mol. The molecule has 3 fully saturated rings. The van der Waals surface area contributed by atoms with Gasteiger partial charge in [0.15, 0.2) is 0 Å². The van der Waals surface area contributed by atoms with E-state index in [4.69, 9.17) is 16.3 Å². The van der Waals surface area contributed by atoms with Gasteiger partial charge in [-0.2, -0.15) is 0 Å². The number of carbonyl (C=O) groups is 1. The van der Waals surface area contributed by atoms with Crippen LogP contribution >= 0.6 is 11.6 Å². The molecule has 3 aliphatic rings. The first kappa shape index (κ1) is 24.3.